The fourth-order valence-electron chi connectivity index (χ4n) is 1.13. The average molecular weight is 199 g/mol. The zero-order chi connectivity index (χ0) is 11.1. The van der Waals surface area contributed by atoms with Crippen LogP contribution in [0, 0.1) is 5.41 Å². The van der Waals surface area contributed by atoms with Crippen LogP contribution in [0.15, 0.2) is 43.4 Å². The second-order valence-corrected chi connectivity index (χ2v) is 2.82. The van der Waals surface area contributed by atoms with Crippen LogP contribution in [0.1, 0.15) is 18.2 Å². The first-order valence-electron chi connectivity index (χ1n) is 4.59. The molecule has 0 amide bonds. The number of hydrogen-bond donors (Lipinski definition) is 1. The highest BCUT2D eigenvalue weighted by Crippen LogP contribution is 2.15. The third-order valence-corrected chi connectivity index (χ3v) is 1.86. The van der Waals surface area contributed by atoms with Crippen molar-refractivity contribution in [2.45, 2.75) is 6.92 Å². The minimum Gasteiger partial charge on any atom is -0.308 e. The molecule has 15 heavy (non-hydrogen) atoms. The number of allylic oxidation sites excluding steroid dienone is 5. The van der Waals surface area contributed by atoms with Crippen LogP contribution in [0.4, 0.5) is 0 Å². The molecule has 1 rings (SSSR count). The van der Waals surface area contributed by atoms with E-state index in [1.54, 1.807) is 12.3 Å². The van der Waals surface area contributed by atoms with Crippen molar-refractivity contribution in [3.63, 3.8) is 0 Å². The second kappa shape index (κ2) is 5.65. The third-order valence-electron chi connectivity index (χ3n) is 1.86. The van der Waals surface area contributed by atoms with Gasteiger partial charge in [0.05, 0.1) is 5.69 Å². The third kappa shape index (κ3) is 2.71. The molecular formula is C12H13N3. The summed E-state index contributed by atoms with van der Waals surface area (Å²) >= 11 is 0. The molecule has 0 spiro atoms. The molecule has 0 aliphatic heterocycles. The van der Waals surface area contributed by atoms with Gasteiger partial charge in [0.15, 0.2) is 0 Å². The van der Waals surface area contributed by atoms with Gasteiger partial charge in [0.2, 0.25) is 0 Å². The van der Waals surface area contributed by atoms with E-state index < -0.39 is 0 Å². The Kier molecular flexibility index (Phi) is 4.16. The zero-order valence-electron chi connectivity index (χ0n) is 8.64. The van der Waals surface area contributed by atoms with Gasteiger partial charge in [0.25, 0.3) is 0 Å². The summed E-state index contributed by atoms with van der Waals surface area (Å²) in [6.07, 6.45) is 11.8. The topological polar surface area (TPSA) is 49.6 Å². The van der Waals surface area contributed by atoms with Gasteiger partial charge in [-0.3, -0.25) is 0 Å². The van der Waals surface area contributed by atoms with Gasteiger partial charge in [0.1, 0.15) is 6.33 Å². The molecule has 0 unspecified atom stereocenters. The highest BCUT2D eigenvalue weighted by molar-refractivity contribution is 5.87. The number of nitrogens with zero attached hydrogens (tertiary/aromatic N) is 2. The summed E-state index contributed by atoms with van der Waals surface area (Å²) in [7, 11) is 0. The van der Waals surface area contributed by atoms with E-state index in [0.717, 1.165) is 11.3 Å². The van der Waals surface area contributed by atoms with Crippen molar-refractivity contribution in [1.29, 1.82) is 5.41 Å². The summed E-state index contributed by atoms with van der Waals surface area (Å²) in [5.74, 6) is 0. The van der Waals surface area contributed by atoms with Gasteiger partial charge in [-0.15, -0.1) is 0 Å². The Labute approximate surface area is 89.4 Å². The Morgan fingerprint density at radius 2 is 2.33 bits per heavy atom. The lowest BCUT2D eigenvalue weighted by Gasteiger charge is -2.03. The second-order valence-electron chi connectivity index (χ2n) is 2.82. The lowest BCUT2D eigenvalue weighted by atomic mass is 10.1. The lowest BCUT2D eigenvalue weighted by molar-refractivity contribution is 1.14. The molecular weight excluding hydrogens is 186 g/mol. The van der Waals surface area contributed by atoms with Crippen LogP contribution in [0.2, 0.25) is 0 Å². The molecule has 76 valence electrons. The first-order chi connectivity index (χ1) is 7.33. The molecule has 0 aliphatic rings. The molecule has 0 radical (unpaired) electrons. The summed E-state index contributed by atoms with van der Waals surface area (Å²) in [6.45, 7) is 5.67. The first kappa shape index (κ1) is 11.0. The Morgan fingerprint density at radius 1 is 1.53 bits per heavy atom. The summed E-state index contributed by atoms with van der Waals surface area (Å²) in [5.41, 5.74) is 2.30. The zero-order valence-corrected chi connectivity index (χ0v) is 8.64. The maximum atomic E-state index is 7.25. The molecule has 3 heteroatoms. The number of rotatable bonds is 4. The number of nitrogens with one attached hydrogen (secondary N) is 1. The first-order valence-corrected chi connectivity index (χ1v) is 4.59. The highest BCUT2D eigenvalue weighted by Gasteiger charge is 2.03. The minimum absolute atomic E-state index is 0.688. The molecule has 1 aromatic rings. The molecule has 1 N–H and O–H groups in total. The van der Waals surface area contributed by atoms with Crippen LogP contribution < -0.4 is 0 Å². The minimum atomic E-state index is 0.688. The molecule has 0 saturated heterocycles. The van der Waals surface area contributed by atoms with E-state index >= 15 is 0 Å². The molecule has 0 aliphatic carbocycles. The standard InChI is InChI=1S/C12H13N3/c1-3-5-6-10(4-2)12-11(7-13)8-14-9-15-12/h3-9,13H,2H2,1H3/b5-3-,10-6+,13-7?. The molecule has 3 nitrogen and oxygen atoms in total. The van der Waals surface area contributed by atoms with Crippen molar-refractivity contribution in [3.8, 4) is 0 Å². The van der Waals surface area contributed by atoms with Crippen molar-refractivity contribution in [3.05, 3.63) is 54.7 Å². The maximum Gasteiger partial charge on any atom is 0.116 e. The van der Waals surface area contributed by atoms with Crippen molar-refractivity contribution < 1.29 is 0 Å². The van der Waals surface area contributed by atoms with E-state index in [1.807, 2.05) is 25.2 Å². The van der Waals surface area contributed by atoms with Gasteiger partial charge < -0.3 is 5.41 Å². The molecule has 0 saturated carbocycles. The predicted octanol–water partition coefficient (Wildman–Crippen LogP) is 2.62. The normalized spacial score (nSPS) is 11.7. The molecule has 1 aromatic heterocycles. The Morgan fingerprint density at radius 3 is 2.93 bits per heavy atom. The molecule has 1 heterocycles. The predicted molar refractivity (Wildman–Crippen MR) is 62.9 cm³/mol. The molecule has 0 atom stereocenters. The van der Waals surface area contributed by atoms with Crippen LogP contribution in [0.3, 0.4) is 0 Å². The number of hydrogen-bond acceptors (Lipinski definition) is 3. The van der Waals surface area contributed by atoms with Crippen molar-refractivity contribution in [1.82, 2.24) is 9.97 Å². The fraction of sp³-hybridized carbons (Fsp3) is 0.0833. The van der Waals surface area contributed by atoms with Crippen LogP contribution in [0.5, 0.6) is 0 Å². The molecule has 0 aromatic carbocycles. The molecule has 0 fully saturated rings. The average Bonchev–Trinajstić information content (AvgIpc) is 2.30. The Bertz CT molecular complexity index is 417. The van der Waals surface area contributed by atoms with Crippen LogP contribution in [-0.2, 0) is 0 Å². The molecule has 0 bridgehead atoms. The summed E-state index contributed by atoms with van der Waals surface area (Å²) in [5, 5.41) is 7.25. The van der Waals surface area contributed by atoms with Gasteiger partial charge >= 0.3 is 0 Å². The monoisotopic (exact) mass is 199 g/mol. The highest BCUT2D eigenvalue weighted by atomic mass is 14.8. The van der Waals surface area contributed by atoms with E-state index in [2.05, 4.69) is 16.5 Å². The summed E-state index contributed by atoms with van der Waals surface area (Å²) in [6, 6.07) is 0. The fourth-order valence-corrected chi connectivity index (χ4v) is 1.13. The Hall–Kier alpha value is -2.03. The maximum absolute atomic E-state index is 7.25. The number of aromatic nitrogens is 2. The van der Waals surface area contributed by atoms with Crippen molar-refractivity contribution in [2.24, 2.45) is 0 Å². The largest absolute Gasteiger partial charge is 0.308 e. The van der Waals surface area contributed by atoms with E-state index in [-0.39, 0.29) is 0 Å². The quantitative estimate of drug-likeness (QED) is 0.598. The SMILES string of the molecule is C=C/C(=C\C=C/C)c1ncncc1C=N. The van der Waals surface area contributed by atoms with E-state index in [1.165, 1.54) is 12.5 Å². The van der Waals surface area contributed by atoms with E-state index in [0.29, 0.717) is 5.56 Å². The van der Waals surface area contributed by atoms with Gasteiger partial charge in [-0.25, -0.2) is 9.97 Å². The summed E-state index contributed by atoms with van der Waals surface area (Å²) in [4.78, 5) is 8.01. The van der Waals surface area contributed by atoms with E-state index in [4.69, 9.17) is 5.41 Å². The summed E-state index contributed by atoms with van der Waals surface area (Å²) < 4.78 is 0. The van der Waals surface area contributed by atoms with Crippen molar-refractivity contribution in [2.75, 3.05) is 0 Å². The smallest absolute Gasteiger partial charge is 0.116 e. The van der Waals surface area contributed by atoms with Gasteiger partial charge in [-0.05, 0) is 6.92 Å². The van der Waals surface area contributed by atoms with Gasteiger partial charge in [0, 0.05) is 23.5 Å². The Balaban J connectivity index is 3.23. The van der Waals surface area contributed by atoms with Crippen molar-refractivity contribution >= 4 is 11.8 Å². The van der Waals surface area contributed by atoms with E-state index in [9.17, 15) is 0 Å². The van der Waals surface area contributed by atoms with Crippen LogP contribution in [-0.4, -0.2) is 16.2 Å². The van der Waals surface area contributed by atoms with Crippen LogP contribution >= 0.6 is 0 Å². The lowest BCUT2D eigenvalue weighted by Crippen LogP contribution is -1.95. The van der Waals surface area contributed by atoms with Crippen LogP contribution in [0.25, 0.3) is 5.57 Å². The van der Waals surface area contributed by atoms with Gasteiger partial charge in [-0.1, -0.05) is 30.9 Å². The van der Waals surface area contributed by atoms with Gasteiger partial charge in [-0.2, -0.15) is 0 Å².